The number of quaternary nitrogens is 1. The molecule has 0 rings (SSSR count). The molecule has 2 atom stereocenters. The summed E-state index contributed by atoms with van der Waals surface area (Å²) in [7, 11) is -3.29. The summed E-state index contributed by atoms with van der Waals surface area (Å²) in [5.41, 5.74) is 3.43. The minimum absolute atomic E-state index is 0.0740. The average molecular weight is 195 g/mol. The van der Waals surface area contributed by atoms with E-state index in [0.29, 0.717) is 6.54 Å². The van der Waals surface area contributed by atoms with E-state index >= 15 is 0 Å². The quantitative estimate of drug-likeness (QED) is 0.489. The fourth-order valence-corrected chi connectivity index (χ4v) is 2.52. The van der Waals surface area contributed by atoms with Gasteiger partial charge in [-0.1, -0.05) is 6.92 Å². The van der Waals surface area contributed by atoms with Crippen molar-refractivity contribution in [3.63, 3.8) is 0 Å². The third-order valence-corrected chi connectivity index (χ3v) is 3.60. The van der Waals surface area contributed by atoms with Crippen LogP contribution in [-0.4, -0.2) is 29.7 Å². The lowest BCUT2D eigenvalue weighted by Crippen LogP contribution is -2.52. The summed E-state index contributed by atoms with van der Waals surface area (Å²) in [4.78, 5) is 19.4. The Kier molecular flexibility index (Phi) is 4.45. The van der Waals surface area contributed by atoms with Gasteiger partial charge in [-0.25, -0.2) is 0 Å². The molecule has 0 saturated carbocycles. The van der Waals surface area contributed by atoms with Gasteiger partial charge in [0.15, 0.2) is 0 Å². The van der Waals surface area contributed by atoms with E-state index in [9.17, 15) is 14.5 Å². The van der Waals surface area contributed by atoms with Gasteiger partial charge < -0.3 is 20.5 Å². The normalized spacial score (nSPS) is 18.2. The van der Waals surface area contributed by atoms with E-state index < -0.39 is 19.3 Å². The molecule has 0 amide bonds. The second-order valence-corrected chi connectivity index (χ2v) is 5.33. The van der Waals surface area contributed by atoms with Gasteiger partial charge in [-0.2, -0.15) is 0 Å². The van der Waals surface area contributed by atoms with E-state index in [1.165, 1.54) is 6.92 Å². The Labute approximate surface area is 71.0 Å². The van der Waals surface area contributed by atoms with Gasteiger partial charge in [0.25, 0.3) is 0 Å². The Morgan fingerprint density at radius 1 is 1.75 bits per heavy atom. The highest BCUT2D eigenvalue weighted by molar-refractivity contribution is 7.58. The van der Waals surface area contributed by atoms with Gasteiger partial charge in [0.2, 0.25) is 7.37 Å². The number of carboxylic acid groups (broad SMARTS) is 1. The average Bonchev–Trinajstić information content (AvgIpc) is 1.85. The van der Waals surface area contributed by atoms with E-state index in [-0.39, 0.29) is 12.3 Å². The highest BCUT2D eigenvalue weighted by atomic mass is 31.2. The van der Waals surface area contributed by atoms with Crippen LogP contribution in [0.2, 0.25) is 0 Å². The van der Waals surface area contributed by atoms with E-state index in [1.54, 1.807) is 0 Å². The van der Waals surface area contributed by atoms with Crippen molar-refractivity contribution in [1.29, 1.82) is 0 Å². The number of carbonyl (C=O) groups excluding carboxylic acids is 1. The van der Waals surface area contributed by atoms with Gasteiger partial charge in [0, 0.05) is 18.0 Å². The summed E-state index contributed by atoms with van der Waals surface area (Å²) < 4.78 is 11.2. The molecule has 0 aromatic carbocycles. The maximum atomic E-state index is 11.2. The number of aliphatic carboxylic acids is 1. The number of carboxylic acids is 1. The second kappa shape index (κ2) is 4.60. The molecule has 1 unspecified atom stereocenters. The van der Waals surface area contributed by atoms with Gasteiger partial charge in [-0.3, -0.25) is 4.57 Å². The van der Waals surface area contributed by atoms with Crippen molar-refractivity contribution < 1.29 is 25.1 Å². The molecule has 0 heterocycles. The summed E-state index contributed by atoms with van der Waals surface area (Å²) in [6, 6.07) is 0. The molecular weight excluding hydrogens is 181 g/mol. The van der Waals surface area contributed by atoms with Crippen molar-refractivity contribution in [2.24, 2.45) is 5.92 Å². The largest absolute Gasteiger partial charge is 0.550 e. The molecule has 5 nitrogen and oxygen atoms in total. The van der Waals surface area contributed by atoms with Gasteiger partial charge in [0.05, 0.1) is 12.7 Å². The molecule has 0 fully saturated rings. The lowest BCUT2D eigenvalue weighted by atomic mass is 10.2. The fourth-order valence-electron chi connectivity index (χ4n) is 0.841. The summed E-state index contributed by atoms with van der Waals surface area (Å²) in [5, 5.41) is 10.2. The van der Waals surface area contributed by atoms with Crippen molar-refractivity contribution in [2.75, 3.05) is 18.9 Å². The molecule has 0 spiro atoms. The topological polar surface area (TPSA) is 105 Å². The molecular formula is C6H14NO4P. The third kappa shape index (κ3) is 4.49. The van der Waals surface area contributed by atoms with E-state index in [2.05, 4.69) is 5.73 Å². The number of rotatable bonds is 5. The molecule has 72 valence electrons. The zero-order valence-corrected chi connectivity index (χ0v) is 7.92. The Morgan fingerprint density at radius 3 is 2.58 bits per heavy atom. The van der Waals surface area contributed by atoms with Crippen molar-refractivity contribution >= 4 is 13.3 Å². The standard InChI is InChI=1S/C6H14NO4P/c1-5(6(8)9)4-12(10,11)3-2-7/h5H,2-4,7H2,1H3,(H,8,9)(H,10,11)/t5-/m0/s1. The number of hydrogen-bond donors (Lipinski definition) is 2. The first-order valence-corrected chi connectivity index (χ1v) is 5.73. The molecule has 4 N–H and O–H groups in total. The zero-order chi connectivity index (χ0) is 9.78. The van der Waals surface area contributed by atoms with Crippen LogP contribution >= 0.6 is 7.37 Å². The third-order valence-electron chi connectivity index (χ3n) is 1.47. The Morgan fingerprint density at radius 2 is 2.25 bits per heavy atom. The highest BCUT2D eigenvalue weighted by Crippen LogP contribution is 2.41. The summed E-state index contributed by atoms with van der Waals surface area (Å²) >= 11 is 0. The molecule has 0 aromatic heterocycles. The first kappa shape index (κ1) is 11.6. The summed E-state index contributed by atoms with van der Waals surface area (Å²) in [5.74, 6) is -2.15. The number of hydrogen-bond acceptors (Lipinski definition) is 3. The maximum Gasteiger partial charge on any atom is 0.206 e. The predicted molar refractivity (Wildman–Crippen MR) is 41.5 cm³/mol. The molecule has 0 saturated heterocycles. The van der Waals surface area contributed by atoms with Crippen molar-refractivity contribution in [3.05, 3.63) is 0 Å². The molecule has 6 heteroatoms. The Hall–Kier alpha value is -0.380. The lowest BCUT2D eigenvalue weighted by Gasteiger charge is -2.16. The van der Waals surface area contributed by atoms with Gasteiger partial charge in [-0.05, 0) is 0 Å². The molecule has 0 aliphatic heterocycles. The van der Waals surface area contributed by atoms with Gasteiger partial charge in [0.1, 0.15) is 0 Å². The molecule has 0 aromatic rings. The van der Waals surface area contributed by atoms with Crippen LogP contribution in [0.4, 0.5) is 0 Å². The molecule has 12 heavy (non-hydrogen) atoms. The van der Waals surface area contributed by atoms with Crippen molar-refractivity contribution in [2.45, 2.75) is 6.92 Å². The van der Waals surface area contributed by atoms with Crippen molar-refractivity contribution in [1.82, 2.24) is 0 Å². The molecule has 0 aliphatic rings. The second-order valence-electron chi connectivity index (χ2n) is 2.83. The SMILES string of the molecule is C[C@@H](CP(=O)(O)CC[NH3+])C(=O)[O-]. The van der Waals surface area contributed by atoms with Crippen LogP contribution in [0.1, 0.15) is 6.92 Å². The van der Waals surface area contributed by atoms with E-state index in [0.717, 1.165) is 0 Å². The highest BCUT2D eigenvalue weighted by Gasteiger charge is 2.21. The van der Waals surface area contributed by atoms with Crippen LogP contribution < -0.4 is 10.8 Å². The lowest BCUT2D eigenvalue weighted by molar-refractivity contribution is -0.360. The van der Waals surface area contributed by atoms with Gasteiger partial charge in [-0.15, -0.1) is 0 Å². The molecule has 0 bridgehead atoms. The van der Waals surface area contributed by atoms with E-state index in [4.69, 9.17) is 4.89 Å². The van der Waals surface area contributed by atoms with Crippen molar-refractivity contribution in [3.8, 4) is 0 Å². The first-order chi connectivity index (χ1) is 5.39. The summed E-state index contributed by atoms with van der Waals surface area (Å²) in [6.45, 7) is 1.70. The predicted octanol–water partition coefficient (Wildman–Crippen LogP) is -2.12. The fraction of sp³-hybridized carbons (Fsp3) is 0.833. The van der Waals surface area contributed by atoms with Crippen LogP contribution in [0.5, 0.6) is 0 Å². The summed E-state index contributed by atoms with van der Waals surface area (Å²) in [6.07, 6.45) is -0.143. The zero-order valence-electron chi connectivity index (χ0n) is 7.02. The maximum absolute atomic E-state index is 11.2. The van der Waals surface area contributed by atoms with Crippen LogP contribution in [-0.2, 0) is 9.36 Å². The molecule has 0 radical (unpaired) electrons. The smallest absolute Gasteiger partial charge is 0.206 e. The first-order valence-electron chi connectivity index (χ1n) is 3.70. The Bertz CT molecular complexity index is 206. The number of carbonyl (C=O) groups is 1. The van der Waals surface area contributed by atoms with Crippen LogP contribution in [0.3, 0.4) is 0 Å². The Balaban J connectivity index is 4.05. The van der Waals surface area contributed by atoms with Crippen LogP contribution in [0.25, 0.3) is 0 Å². The van der Waals surface area contributed by atoms with Crippen LogP contribution in [0.15, 0.2) is 0 Å². The minimum atomic E-state index is -3.29. The van der Waals surface area contributed by atoms with Crippen LogP contribution in [0, 0.1) is 5.92 Å². The minimum Gasteiger partial charge on any atom is -0.550 e. The monoisotopic (exact) mass is 195 g/mol. The molecule has 0 aliphatic carbocycles. The van der Waals surface area contributed by atoms with E-state index in [1.807, 2.05) is 0 Å². The van der Waals surface area contributed by atoms with Gasteiger partial charge >= 0.3 is 0 Å².